The van der Waals surface area contributed by atoms with Gasteiger partial charge in [-0.3, -0.25) is 13.8 Å². The molecular weight excluding hydrogens is 505 g/mol. The van der Waals surface area contributed by atoms with Gasteiger partial charge in [-0.25, -0.2) is 4.57 Å². The number of nitrogens with two attached hydrogens (primary N) is 1. The average Bonchev–Trinajstić information content (AvgIpc) is 2.90. The molecule has 0 rings (SSSR count). The van der Waals surface area contributed by atoms with Crippen LogP contribution in [0.3, 0.4) is 0 Å². The average molecular weight is 564 g/mol. The molecule has 0 heterocycles. The lowest BCUT2D eigenvalue weighted by molar-refractivity contribution is -0.147. The summed E-state index contributed by atoms with van der Waals surface area (Å²) in [5.41, 5.74) is 5.18. The lowest BCUT2D eigenvalue weighted by Crippen LogP contribution is -2.23. The number of ether oxygens (including phenoxy) is 1. The molecule has 0 aliphatic rings. The van der Waals surface area contributed by atoms with E-state index in [2.05, 4.69) is 28.1 Å². The predicted molar refractivity (Wildman–Crippen MR) is 155 cm³/mol. The highest BCUT2D eigenvalue weighted by atomic mass is 31.2. The van der Waals surface area contributed by atoms with Crippen molar-refractivity contribution in [3.63, 3.8) is 0 Å². The smallest absolute Gasteiger partial charge is 0.463 e. The van der Waals surface area contributed by atoms with Gasteiger partial charge in [0.15, 0.2) is 0 Å². The molecule has 8 nitrogen and oxygen atoms in total. The Bertz CT molecular complexity index is 603. The molecule has 0 aliphatic carbocycles. The van der Waals surface area contributed by atoms with Gasteiger partial charge in [0.05, 0.1) is 13.2 Å². The van der Waals surface area contributed by atoms with Gasteiger partial charge in [0.25, 0.3) is 0 Å². The van der Waals surface area contributed by atoms with Gasteiger partial charge in [-0.05, 0) is 32.1 Å². The molecule has 0 saturated carbocycles. The van der Waals surface area contributed by atoms with Gasteiger partial charge in [0, 0.05) is 13.0 Å². The number of rotatable bonds is 29. The van der Waals surface area contributed by atoms with E-state index in [1.807, 2.05) is 0 Å². The van der Waals surface area contributed by atoms with Crippen LogP contribution >= 0.6 is 7.82 Å². The normalized spacial score (nSPS) is 14.1. The van der Waals surface area contributed by atoms with Crippen LogP contribution in [0.15, 0.2) is 12.2 Å². The highest BCUT2D eigenvalue weighted by Gasteiger charge is 2.22. The molecule has 226 valence electrons. The van der Waals surface area contributed by atoms with Crippen LogP contribution in [0.25, 0.3) is 0 Å². The zero-order valence-corrected chi connectivity index (χ0v) is 25.1. The Labute approximate surface area is 232 Å². The number of phosphoric ester groups is 1. The lowest BCUT2D eigenvalue weighted by atomic mass is 10.0. The fourth-order valence-corrected chi connectivity index (χ4v) is 4.87. The van der Waals surface area contributed by atoms with Crippen LogP contribution in [0.4, 0.5) is 0 Å². The molecule has 0 fully saturated rings. The van der Waals surface area contributed by atoms with Crippen LogP contribution in [-0.2, 0) is 23.1 Å². The van der Waals surface area contributed by atoms with Crippen LogP contribution < -0.4 is 5.73 Å². The van der Waals surface area contributed by atoms with E-state index in [1.165, 1.54) is 103 Å². The van der Waals surface area contributed by atoms with Crippen LogP contribution in [-0.4, -0.2) is 48.4 Å². The number of aliphatic hydroxyl groups excluding tert-OH is 1. The quantitative estimate of drug-likeness (QED) is 0.0373. The highest BCUT2D eigenvalue weighted by molar-refractivity contribution is 7.47. The van der Waals surface area contributed by atoms with E-state index in [0.717, 1.165) is 19.3 Å². The first kappa shape index (κ1) is 37.2. The molecule has 0 saturated heterocycles. The topological polar surface area (TPSA) is 128 Å². The summed E-state index contributed by atoms with van der Waals surface area (Å²) < 4.78 is 25.6. The van der Waals surface area contributed by atoms with E-state index >= 15 is 0 Å². The minimum Gasteiger partial charge on any atom is -0.463 e. The summed E-state index contributed by atoms with van der Waals surface area (Å²) in [6.07, 6.45) is 27.8. The number of allylic oxidation sites excluding steroid dienone is 2. The maximum absolute atomic E-state index is 11.8. The monoisotopic (exact) mass is 563 g/mol. The van der Waals surface area contributed by atoms with Crippen LogP contribution in [0.2, 0.25) is 0 Å². The Kier molecular flexibility index (Phi) is 27.2. The van der Waals surface area contributed by atoms with Crippen LogP contribution in [0.1, 0.15) is 135 Å². The molecule has 4 N–H and O–H groups in total. The summed E-state index contributed by atoms with van der Waals surface area (Å²) in [6.45, 7) is 1.46. The van der Waals surface area contributed by atoms with Crippen molar-refractivity contribution < 1.29 is 33.1 Å². The minimum absolute atomic E-state index is 0.0753. The Balaban J connectivity index is 3.37. The summed E-state index contributed by atoms with van der Waals surface area (Å²) in [4.78, 5) is 21.1. The standard InChI is InChI=1S/C29H58NO7P/c1-2-3-4-5-6-7-8-9-10-11-12-13-14-15-16-17-18-19-20-21-22-23-29(32)35-26-28(31)27-37-38(33,34)36-25-24-30/h9-10,28,31H,2-8,11-27,30H2,1H3,(H,33,34)/t28-/m1/s1. The van der Waals surface area contributed by atoms with Crippen LogP contribution in [0.5, 0.6) is 0 Å². The van der Waals surface area contributed by atoms with Gasteiger partial charge in [-0.15, -0.1) is 0 Å². The molecule has 0 bridgehead atoms. The van der Waals surface area contributed by atoms with E-state index in [4.69, 9.17) is 10.5 Å². The first-order valence-electron chi connectivity index (χ1n) is 15.2. The maximum Gasteiger partial charge on any atom is 0.472 e. The lowest BCUT2D eigenvalue weighted by Gasteiger charge is -2.15. The summed E-state index contributed by atoms with van der Waals surface area (Å²) in [6, 6.07) is 0. The van der Waals surface area contributed by atoms with Crippen molar-refractivity contribution in [1.29, 1.82) is 0 Å². The summed E-state index contributed by atoms with van der Waals surface area (Å²) >= 11 is 0. The summed E-state index contributed by atoms with van der Waals surface area (Å²) in [5.74, 6) is -0.385. The van der Waals surface area contributed by atoms with Crippen molar-refractivity contribution >= 4 is 13.8 Å². The van der Waals surface area contributed by atoms with E-state index in [-0.39, 0.29) is 25.7 Å². The Hall–Kier alpha value is -0.760. The number of hydrogen-bond acceptors (Lipinski definition) is 7. The molecule has 2 atom stereocenters. The van der Waals surface area contributed by atoms with Crippen molar-refractivity contribution in [3.8, 4) is 0 Å². The van der Waals surface area contributed by atoms with Gasteiger partial charge < -0.3 is 20.5 Å². The second-order valence-corrected chi connectivity index (χ2v) is 11.6. The first-order chi connectivity index (χ1) is 18.4. The molecule has 0 aromatic carbocycles. The fourth-order valence-electron chi connectivity index (χ4n) is 4.10. The van der Waals surface area contributed by atoms with Crippen molar-refractivity contribution in [2.45, 2.75) is 141 Å². The van der Waals surface area contributed by atoms with Gasteiger partial charge in [-0.2, -0.15) is 0 Å². The number of carbonyl (C=O) groups excluding carboxylic acids is 1. The molecule has 0 amide bonds. The number of hydrogen-bond donors (Lipinski definition) is 3. The minimum atomic E-state index is -4.24. The predicted octanol–water partition coefficient (Wildman–Crippen LogP) is 7.36. The van der Waals surface area contributed by atoms with E-state index in [0.29, 0.717) is 6.42 Å². The summed E-state index contributed by atoms with van der Waals surface area (Å²) in [7, 11) is -4.24. The largest absolute Gasteiger partial charge is 0.472 e. The number of unbranched alkanes of at least 4 members (excludes halogenated alkanes) is 17. The Morgan fingerprint density at radius 3 is 1.74 bits per heavy atom. The highest BCUT2D eigenvalue weighted by Crippen LogP contribution is 2.42. The van der Waals surface area contributed by atoms with Crippen molar-refractivity contribution in [1.82, 2.24) is 0 Å². The molecule has 0 radical (unpaired) electrons. The van der Waals surface area contributed by atoms with Crippen LogP contribution in [0, 0.1) is 0 Å². The second kappa shape index (κ2) is 27.8. The number of carbonyl (C=O) groups is 1. The molecule has 0 aromatic rings. The first-order valence-corrected chi connectivity index (χ1v) is 16.7. The third-order valence-electron chi connectivity index (χ3n) is 6.38. The van der Waals surface area contributed by atoms with E-state index in [1.54, 1.807) is 0 Å². The number of esters is 1. The molecule has 0 aromatic heterocycles. The molecule has 0 spiro atoms. The van der Waals surface area contributed by atoms with Gasteiger partial charge in [0.1, 0.15) is 12.7 Å². The Morgan fingerprint density at radius 1 is 0.763 bits per heavy atom. The zero-order valence-electron chi connectivity index (χ0n) is 24.2. The zero-order chi connectivity index (χ0) is 28.2. The number of aliphatic hydroxyl groups is 1. The second-order valence-electron chi connectivity index (χ2n) is 10.2. The third-order valence-corrected chi connectivity index (χ3v) is 7.37. The summed E-state index contributed by atoms with van der Waals surface area (Å²) in [5, 5.41) is 9.72. The number of phosphoric acid groups is 1. The van der Waals surface area contributed by atoms with E-state index in [9.17, 15) is 19.4 Å². The SMILES string of the molecule is CCCCCCCCC=CCCCCCCCCCCCCCC(=O)OC[C@@H](O)COP(=O)(O)OCCN. The van der Waals surface area contributed by atoms with E-state index < -0.39 is 20.5 Å². The van der Waals surface area contributed by atoms with Crippen molar-refractivity contribution in [2.24, 2.45) is 5.73 Å². The van der Waals surface area contributed by atoms with Gasteiger partial charge >= 0.3 is 13.8 Å². The molecule has 38 heavy (non-hydrogen) atoms. The Morgan fingerprint density at radius 2 is 1.24 bits per heavy atom. The molecule has 0 aliphatic heterocycles. The molecular formula is C29H58NO7P. The van der Waals surface area contributed by atoms with Gasteiger partial charge in [0.2, 0.25) is 0 Å². The van der Waals surface area contributed by atoms with Crippen molar-refractivity contribution in [3.05, 3.63) is 12.2 Å². The fraction of sp³-hybridized carbons (Fsp3) is 0.897. The van der Waals surface area contributed by atoms with Gasteiger partial charge in [-0.1, -0.05) is 109 Å². The van der Waals surface area contributed by atoms with Crippen molar-refractivity contribution in [2.75, 3.05) is 26.4 Å². The maximum atomic E-state index is 11.8. The molecule has 1 unspecified atom stereocenters. The molecule has 9 heteroatoms. The third kappa shape index (κ3) is 28.3.